The summed E-state index contributed by atoms with van der Waals surface area (Å²) in [6, 6.07) is 10.8. The van der Waals surface area contributed by atoms with E-state index in [2.05, 4.69) is 20.5 Å². The molecule has 1 heterocycles. The molecule has 1 aromatic heterocycles. The summed E-state index contributed by atoms with van der Waals surface area (Å²) < 4.78 is 26.7. The molecule has 0 aliphatic heterocycles. The summed E-state index contributed by atoms with van der Waals surface area (Å²) >= 11 is 0. The molecule has 7 heteroatoms. The smallest absolute Gasteiger partial charge is 0.220 e. The van der Waals surface area contributed by atoms with Gasteiger partial charge in [-0.2, -0.15) is 5.10 Å². The molecule has 0 atom stereocenters. The number of nitrogens with one attached hydrogen (secondary N) is 2. The van der Waals surface area contributed by atoms with Crippen LogP contribution in [-0.4, -0.2) is 21.1 Å². The van der Waals surface area contributed by atoms with Crippen LogP contribution in [0.1, 0.15) is 17.5 Å². The summed E-state index contributed by atoms with van der Waals surface area (Å²) in [5.74, 6) is -0.599. The molecule has 3 rings (SSSR count). The summed E-state index contributed by atoms with van der Waals surface area (Å²) in [5, 5.41) is 9.36. The van der Waals surface area contributed by atoms with Crippen molar-refractivity contribution in [2.24, 2.45) is 0 Å². The van der Waals surface area contributed by atoms with Crippen molar-refractivity contribution in [2.45, 2.75) is 19.4 Å². The third-order valence-corrected chi connectivity index (χ3v) is 3.73. The van der Waals surface area contributed by atoms with E-state index in [-0.39, 0.29) is 24.3 Å². The van der Waals surface area contributed by atoms with Crippen molar-refractivity contribution in [3.8, 4) is 11.4 Å². The highest BCUT2D eigenvalue weighted by Crippen LogP contribution is 2.15. The fraction of sp³-hybridized carbons (Fsp3) is 0.167. The fourth-order valence-electron chi connectivity index (χ4n) is 2.45. The quantitative estimate of drug-likeness (QED) is 0.723. The monoisotopic (exact) mass is 342 g/mol. The summed E-state index contributed by atoms with van der Waals surface area (Å²) in [6.45, 7) is 0.340. The van der Waals surface area contributed by atoms with Gasteiger partial charge in [0.2, 0.25) is 5.91 Å². The molecule has 0 saturated heterocycles. The van der Waals surface area contributed by atoms with Crippen molar-refractivity contribution in [3.63, 3.8) is 0 Å². The lowest BCUT2D eigenvalue weighted by atomic mass is 10.1. The number of aromatic nitrogens is 3. The number of benzene rings is 2. The highest BCUT2D eigenvalue weighted by Gasteiger charge is 2.08. The second kappa shape index (κ2) is 7.65. The van der Waals surface area contributed by atoms with E-state index in [0.717, 1.165) is 29.3 Å². The van der Waals surface area contributed by atoms with Gasteiger partial charge in [0.15, 0.2) is 5.82 Å². The average molecular weight is 342 g/mol. The second-order valence-electron chi connectivity index (χ2n) is 5.55. The van der Waals surface area contributed by atoms with Gasteiger partial charge in [0, 0.05) is 18.5 Å². The molecule has 0 saturated carbocycles. The fourth-order valence-corrected chi connectivity index (χ4v) is 2.45. The molecule has 3 aromatic rings. The zero-order chi connectivity index (χ0) is 17.6. The normalized spacial score (nSPS) is 10.6. The van der Waals surface area contributed by atoms with E-state index < -0.39 is 11.6 Å². The molecule has 0 spiro atoms. The Balaban J connectivity index is 1.54. The van der Waals surface area contributed by atoms with Crippen LogP contribution in [0.25, 0.3) is 11.4 Å². The maximum atomic E-state index is 13.5. The third kappa shape index (κ3) is 4.47. The largest absolute Gasteiger partial charge is 0.352 e. The van der Waals surface area contributed by atoms with Gasteiger partial charge in [-0.15, -0.1) is 0 Å². The number of carbonyl (C=O) groups excluding carboxylic acids is 1. The molecule has 1 amide bonds. The number of rotatable bonds is 6. The predicted molar refractivity (Wildman–Crippen MR) is 88.3 cm³/mol. The summed E-state index contributed by atoms with van der Waals surface area (Å²) in [5.41, 5.74) is 1.97. The van der Waals surface area contributed by atoms with Crippen molar-refractivity contribution in [1.29, 1.82) is 0 Å². The Bertz CT molecular complexity index is 865. The van der Waals surface area contributed by atoms with Gasteiger partial charge in [0.1, 0.15) is 18.0 Å². The summed E-state index contributed by atoms with van der Waals surface area (Å²) in [6.07, 6.45) is 1.66. The van der Waals surface area contributed by atoms with Crippen molar-refractivity contribution in [3.05, 3.63) is 71.6 Å². The van der Waals surface area contributed by atoms with Crippen LogP contribution in [0.2, 0.25) is 0 Å². The van der Waals surface area contributed by atoms with E-state index >= 15 is 0 Å². The zero-order valence-corrected chi connectivity index (χ0v) is 13.3. The number of hydrogen-bond acceptors (Lipinski definition) is 3. The van der Waals surface area contributed by atoms with E-state index in [4.69, 9.17) is 0 Å². The first-order valence-electron chi connectivity index (χ1n) is 7.77. The Hall–Kier alpha value is -3.09. The van der Waals surface area contributed by atoms with E-state index in [1.807, 2.05) is 24.3 Å². The zero-order valence-electron chi connectivity index (χ0n) is 13.3. The molecular weight excluding hydrogens is 326 g/mol. The molecule has 25 heavy (non-hydrogen) atoms. The van der Waals surface area contributed by atoms with Crippen LogP contribution < -0.4 is 5.32 Å². The van der Waals surface area contributed by atoms with Crippen molar-refractivity contribution < 1.29 is 13.6 Å². The molecular formula is C18H16F2N4O. The number of aromatic amines is 1. The molecule has 0 aliphatic rings. The van der Waals surface area contributed by atoms with Gasteiger partial charge in [-0.25, -0.2) is 13.8 Å². The van der Waals surface area contributed by atoms with Crippen LogP contribution in [0.3, 0.4) is 0 Å². The van der Waals surface area contributed by atoms with E-state index in [1.54, 1.807) is 0 Å². The lowest BCUT2D eigenvalue weighted by Crippen LogP contribution is -2.23. The average Bonchev–Trinajstić information content (AvgIpc) is 3.16. The number of carbonyl (C=O) groups is 1. The number of hydrogen-bond donors (Lipinski definition) is 2. The number of nitrogens with zero attached hydrogens (tertiary/aromatic N) is 2. The van der Waals surface area contributed by atoms with Gasteiger partial charge in [-0.3, -0.25) is 9.89 Å². The molecule has 0 aliphatic carbocycles. The number of halogens is 2. The minimum absolute atomic E-state index is 0.0855. The van der Waals surface area contributed by atoms with E-state index in [0.29, 0.717) is 12.4 Å². The van der Waals surface area contributed by atoms with Crippen LogP contribution in [0.4, 0.5) is 8.78 Å². The van der Waals surface area contributed by atoms with Gasteiger partial charge in [0.25, 0.3) is 0 Å². The lowest BCUT2D eigenvalue weighted by molar-refractivity contribution is -0.121. The Morgan fingerprint density at radius 3 is 2.84 bits per heavy atom. The number of amides is 1. The minimum Gasteiger partial charge on any atom is -0.352 e. The van der Waals surface area contributed by atoms with Crippen LogP contribution in [-0.2, 0) is 17.8 Å². The second-order valence-corrected chi connectivity index (χ2v) is 5.55. The summed E-state index contributed by atoms with van der Waals surface area (Å²) in [4.78, 5) is 16.0. The maximum Gasteiger partial charge on any atom is 0.220 e. The lowest BCUT2D eigenvalue weighted by Gasteiger charge is -2.07. The van der Waals surface area contributed by atoms with Crippen molar-refractivity contribution >= 4 is 5.91 Å². The maximum absolute atomic E-state index is 13.5. The van der Waals surface area contributed by atoms with Gasteiger partial charge >= 0.3 is 0 Å². The molecule has 2 aromatic carbocycles. The molecule has 0 unspecified atom stereocenters. The minimum atomic E-state index is -0.513. The standard InChI is InChI=1S/C18H16F2N4O/c19-15-5-6-16(20)13(9-15)4-7-17(25)21-10-12-2-1-3-14(8-12)18-22-11-23-24-18/h1-3,5-6,8-9,11H,4,7,10H2,(H,21,25)(H,22,23,24). The topological polar surface area (TPSA) is 70.7 Å². The van der Waals surface area contributed by atoms with Gasteiger partial charge in [-0.1, -0.05) is 18.2 Å². The van der Waals surface area contributed by atoms with E-state index in [9.17, 15) is 13.6 Å². The third-order valence-electron chi connectivity index (χ3n) is 3.73. The predicted octanol–water partition coefficient (Wildman–Crippen LogP) is 3.00. The van der Waals surface area contributed by atoms with E-state index in [1.165, 1.54) is 6.33 Å². The van der Waals surface area contributed by atoms with Gasteiger partial charge in [0.05, 0.1) is 0 Å². The molecule has 0 radical (unpaired) electrons. The van der Waals surface area contributed by atoms with Gasteiger partial charge < -0.3 is 5.32 Å². The summed E-state index contributed by atoms with van der Waals surface area (Å²) in [7, 11) is 0. The molecule has 2 N–H and O–H groups in total. The highest BCUT2D eigenvalue weighted by atomic mass is 19.1. The van der Waals surface area contributed by atoms with Gasteiger partial charge in [-0.05, 0) is 41.8 Å². The SMILES string of the molecule is O=C(CCc1cc(F)ccc1F)NCc1cccc(-c2ncn[nH]2)c1. The number of H-pyrrole nitrogens is 1. The first kappa shape index (κ1) is 16.8. The molecule has 0 bridgehead atoms. The van der Waals surface area contributed by atoms with Crippen LogP contribution in [0.5, 0.6) is 0 Å². The Kier molecular flexibility index (Phi) is 5.13. The van der Waals surface area contributed by atoms with Crippen LogP contribution >= 0.6 is 0 Å². The Morgan fingerprint density at radius 2 is 2.04 bits per heavy atom. The first-order chi connectivity index (χ1) is 12.1. The van der Waals surface area contributed by atoms with Crippen molar-refractivity contribution in [2.75, 3.05) is 0 Å². The molecule has 128 valence electrons. The highest BCUT2D eigenvalue weighted by molar-refractivity contribution is 5.76. The number of aryl methyl sites for hydroxylation is 1. The Morgan fingerprint density at radius 1 is 1.16 bits per heavy atom. The molecule has 5 nitrogen and oxygen atoms in total. The first-order valence-corrected chi connectivity index (χ1v) is 7.77. The molecule has 0 fully saturated rings. The Labute approximate surface area is 143 Å². The van der Waals surface area contributed by atoms with Crippen LogP contribution in [0, 0.1) is 11.6 Å². The van der Waals surface area contributed by atoms with Crippen molar-refractivity contribution in [1.82, 2.24) is 20.5 Å². The van der Waals surface area contributed by atoms with Crippen LogP contribution in [0.15, 0.2) is 48.8 Å².